The molecule has 2 heterocycles. The molecule has 0 radical (unpaired) electrons. The van der Waals surface area contributed by atoms with E-state index < -0.39 is 0 Å². The van der Waals surface area contributed by atoms with Crippen molar-refractivity contribution in [2.24, 2.45) is 0 Å². The van der Waals surface area contributed by atoms with Crippen LogP contribution < -0.4 is 0 Å². The van der Waals surface area contributed by atoms with Gasteiger partial charge in [0, 0.05) is 27.2 Å². The van der Waals surface area contributed by atoms with E-state index in [4.69, 9.17) is 16.0 Å². The van der Waals surface area contributed by atoms with Gasteiger partial charge in [0.15, 0.2) is 0 Å². The summed E-state index contributed by atoms with van der Waals surface area (Å²) in [6.07, 6.45) is 1.72. The van der Waals surface area contributed by atoms with E-state index in [0.717, 1.165) is 22.9 Å². The smallest absolute Gasteiger partial charge is 0.254 e. The minimum Gasteiger partial charge on any atom is -0.418 e. The zero-order chi connectivity index (χ0) is 18.1. The number of amides is 1. The molecule has 1 saturated heterocycles. The molecule has 7 heteroatoms. The molecule has 0 aliphatic carbocycles. The van der Waals surface area contributed by atoms with Crippen LogP contribution in [0.15, 0.2) is 57.4 Å². The largest absolute Gasteiger partial charge is 0.418 e. The molecule has 4 rings (SSSR count). The maximum absolute atomic E-state index is 12.9. The van der Waals surface area contributed by atoms with Crippen LogP contribution in [0.2, 0.25) is 5.02 Å². The van der Waals surface area contributed by atoms with Gasteiger partial charge in [-0.15, -0.1) is 10.2 Å². The van der Waals surface area contributed by atoms with Gasteiger partial charge in [0.1, 0.15) is 6.04 Å². The van der Waals surface area contributed by atoms with Crippen molar-refractivity contribution in [1.29, 1.82) is 0 Å². The average molecular weight is 433 g/mol. The molecule has 1 amide bonds. The Hall–Kier alpha value is -2.18. The van der Waals surface area contributed by atoms with Gasteiger partial charge in [-0.25, -0.2) is 0 Å². The number of hydrogen-bond acceptors (Lipinski definition) is 4. The van der Waals surface area contributed by atoms with E-state index in [0.29, 0.717) is 28.9 Å². The van der Waals surface area contributed by atoms with Crippen molar-refractivity contribution in [3.63, 3.8) is 0 Å². The first kappa shape index (κ1) is 17.2. The molecular formula is C19H15BrClN3O2. The first-order valence-electron chi connectivity index (χ1n) is 8.28. The third-order valence-corrected chi connectivity index (χ3v) is 5.20. The summed E-state index contributed by atoms with van der Waals surface area (Å²) in [4.78, 5) is 14.7. The molecule has 2 aromatic carbocycles. The number of hydrogen-bond donors (Lipinski definition) is 0. The summed E-state index contributed by atoms with van der Waals surface area (Å²) in [6, 6.07) is 14.4. The Bertz CT molecular complexity index is 925. The van der Waals surface area contributed by atoms with Gasteiger partial charge >= 0.3 is 0 Å². The summed E-state index contributed by atoms with van der Waals surface area (Å²) in [5, 5.41) is 8.97. The lowest BCUT2D eigenvalue weighted by Crippen LogP contribution is -2.30. The normalized spacial score (nSPS) is 16.8. The van der Waals surface area contributed by atoms with Crippen LogP contribution in [0.4, 0.5) is 0 Å². The second-order valence-electron chi connectivity index (χ2n) is 6.12. The highest BCUT2D eigenvalue weighted by molar-refractivity contribution is 9.10. The molecule has 1 unspecified atom stereocenters. The third-order valence-electron chi connectivity index (χ3n) is 4.42. The van der Waals surface area contributed by atoms with E-state index in [1.807, 2.05) is 41.3 Å². The number of rotatable bonds is 3. The summed E-state index contributed by atoms with van der Waals surface area (Å²) in [5.74, 6) is 0.878. The molecule has 0 bridgehead atoms. The van der Waals surface area contributed by atoms with Gasteiger partial charge in [-0.1, -0.05) is 27.5 Å². The van der Waals surface area contributed by atoms with Crippen molar-refractivity contribution in [2.45, 2.75) is 18.9 Å². The minimum absolute atomic E-state index is 0.0220. The fourth-order valence-electron chi connectivity index (χ4n) is 3.10. The summed E-state index contributed by atoms with van der Waals surface area (Å²) in [5.41, 5.74) is 1.45. The summed E-state index contributed by atoms with van der Waals surface area (Å²) in [7, 11) is 0. The van der Waals surface area contributed by atoms with Crippen LogP contribution in [0.25, 0.3) is 11.5 Å². The Balaban J connectivity index is 1.58. The number of benzene rings is 2. The lowest BCUT2D eigenvalue weighted by atomic mass is 10.1. The number of aromatic nitrogens is 2. The fourth-order valence-corrected chi connectivity index (χ4v) is 3.49. The number of carbonyl (C=O) groups is 1. The van der Waals surface area contributed by atoms with E-state index in [-0.39, 0.29) is 11.9 Å². The standard InChI is InChI=1S/C19H15BrClN3O2/c20-14-7-3-13(4-8-14)19(25)24-11-1-2-16(24)18-23-22-17(26-18)12-5-9-15(21)10-6-12/h3-10,16H,1-2,11H2. The molecule has 26 heavy (non-hydrogen) atoms. The minimum atomic E-state index is -0.195. The molecule has 5 nitrogen and oxygen atoms in total. The summed E-state index contributed by atoms with van der Waals surface area (Å²) < 4.78 is 6.80. The van der Waals surface area contributed by atoms with Crippen LogP contribution in [0, 0.1) is 0 Å². The number of likely N-dealkylation sites (tertiary alicyclic amines) is 1. The average Bonchev–Trinajstić information content (AvgIpc) is 3.31. The summed E-state index contributed by atoms with van der Waals surface area (Å²) in [6.45, 7) is 0.679. The van der Waals surface area contributed by atoms with Crippen LogP contribution in [0.1, 0.15) is 35.1 Å². The van der Waals surface area contributed by atoms with E-state index in [9.17, 15) is 4.79 Å². The molecule has 0 saturated carbocycles. The summed E-state index contributed by atoms with van der Waals surface area (Å²) >= 11 is 9.31. The second kappa shape index (κ2) is 7.21. The Kier molecular flexibility index (Phi) is 4.78. The van der Waals surface area contributed by atoms with Gasteiger partial charge < -0.3 is 9.32 Å². The molecule has 3 aromatic rings. The SMILES string of the molecule is O=C(c1ccc(Br)cc1)N1CCCC1c1nnc(-c2ccc(Cl)cc2)o1. The lowest BCUT2D eigenvalue weighted by Gasteiger charge is -2.22. The monoisotopic (exact) mass is 431 g/mol. The maximum Gasteiger partial charge on any atom is 0.254 e. The lowest BCUT2D eigenvalue weighted by molar-refractivity contribution is 0.0716. The van der Waals surface area contributed by atoms with Crippen LogP contribution in [-0.4, -0.2) is 27.5 Å². The van der Waals surface area contributed by atoms with Crippen LogP contribution in [0.3, 0.4) is 0 Å². The Morgan fingerprint density at radius 2 is 1.85 bits per heavy atom. The molecule has 0 spiro atoms. The zero-order valence-electron chi connectivity index (χ0n) is 13.7. The van der Waals surface area contributed by atoms with Crippen molar-refractivity contribution in [3.05, 3.63) is 69.5 Å². The van der Waals surface area contributed by atoms with Crippen molar-refractivity contribution in [2.75, 3.05) is 6.54 Å². The molecule has 1 fully saturated rings. The quantitative estimate of drug-likeness (QED) is 0.576. The van der Waals surface area contributed by atoms with E-state index >= 15 is 0 Å². The second-order valence-corrected chi connectivity index (χ2v) is 7.47. The molecule has 132 valence electrons. The Morgan fingerprint density at radius 3 is 2.58 bits per heavy atom. The zero-order valence-corrected chi connectivity index (χ0v) is 16.1. The van der Waals surface area contributed by atoms with Crippen LogP contribution >= 0.6 is 27.5 Å². The van der Waals surface area contributed by atoms with Crippen molar-refractivity contribution >= 4 is 33.4 Å². The highest BCUT2D eigenvalue weighted by Crippen LogP contribution is 2.34. The van der Waals surface area contributed by atoms with Crippen LogP contribution in [0.5, 0.6) is 0 Å². The molecule has 1 aromatic heterocycles. The molecular weight excluding hydrogens is 418 g/mol. The molecule has 1 atom stereocenters. The highest BCUT2D eigenvalue weighted by atomic mass is 79.9. The van der Waals surface area contributed by atoms with Gasteiger partial charge in [0.05, 0.1) is 0 Å². The van der Waals surface area contributed by atoms with Gasteiger partial charge in [-0.3, -0.25) is 4.79 Å². The van der Waals surface area contributed by atoms with Crippen molar-refractivity contribution < 1.29 is 9.21 Å². The van der Waals surface area contributed by atoms with Gasteiger partial charge in [-0.2, -0.15) is 0 Å². The Labute approximate surface area is 164 Å². The molecule has 1 aliphatic heterocycles. The molecule has 0 N–H and O–H groups in total. The highest BCUT2D eigenvalue weighted by Gasteiger charge is 2.34. The third kappa shape index (κ3) is 3.39. The first-order chi connectivity index (χ1) is 12.6. The van der Waals surface area contributed by atoms with Crippen molar-refractivity contribution in [1.82, 2.24) is 15.1 Å². The van der Waals surface area contributed by atoms with E-state index in [2.05, 4.69) is 26.1 Å². The topological polar surface area (TPSA) is 59.2 Å². The van der Waals surface area contributed by atoms with Gasteiger partial charge in [0.2, 0.25) is 11.8 Å². The predicted octanol–water partition coefficient (Wildman–Crippen LogP) is 5.13. The van der Waals surface area contributed by atoms with Gasteiger partial charge in [0.25, 0.3) is 5.91 Å². The van der Waals surface area contributed by atoms with Gasteiger partial charge in [-0.05, 0) is 61.4 Å². The number of nitrogens with zero attached hydrogens (tertiary/aromatic N) is 3. The van der Waals surface area contributed by atoms with E-state index in [1.54, 1.807) is 12.1 Å². The number of carbonyl (C=O) groups excluding carboxylic acids is 1. The maximum atomic E-state index is 12.9. The molecule has 1 aliphatic rings. The Morgan fingerprint density at radius 1 is 1.12 bits per heavy atom. The predicted molar refractivity (Wildman–Crippen MR) is 102 cm³/mol. The van der Waals surface area contributed by atoms with Crippen LogP contribution in [-0.2, 0) is 0 Å². The van der Waals surface area contributed by atoms with Crippen molar-refractivity contribution in [3.8, 4) is 11.5 Å². The number of halogens is 2. The van der Waals surface area contributed by atoms with E-state index in [1.165, 1.54) is 0 Å². The first-order valence-corrected chi connectivity index (χ1v) is 9.45. The fraction of sp³-hybridized carbons (Fsp3) is 0.211.